The molecule has 1 aromatic carbocycles. The molecule has 3 aliphatic heterocycles. The van der Waals surface area contributed by atoms with Gasteiger partial charge in [-0.2, -0.15) is 11.8 Å². The Morgan fingerprint density at radius 2 is 1.94 bits per heavy atom. The number of carbonyl (C=O) groups is 4. The van der Waals surface area contributed by atoms with Gasteiger partial charge in [-0.15, -0.1) is 16.4 Å². The first kappa shape index (κ1) is 36.2. The number of aliphatic imine (C=N–C) groups is 1. The van der Waals surface area contributed by atoms with Crippen molar-refractivity contribution < 1.29 is 28.7 Å². The van der Waals surface area contributed by atoms with Crippen LogP contribution >= 0.6 is 34.9 Å². The van der Waals surface area contributed by atoms with E-state index in [0.717, 1.165) is 51.6 Å². The first-order chi connectivity index (χ1) is 24.4. The summed E-state index contributed by atoms with van der Waals surface area (Å²) in [7, 11) is 0. The summed E-state index contributed by atoms with van der Waals surface area (Å²) in [6.45, 7) is 2.93. The molecule has 268 valence electrons. The molecule has 2 aromatic heterocycles. The van der Waals surface area contributed by atoms with Gasteiger partial charge in [0.25, 0.3) is 5.91 Å². The van der Waals surface area contributed by atoms with Crippen LogP contribution in [0, 0.1) is 0 Å². The second-order valence-electron chi connectivity index (χ2n) is 12.1. The summed E-state index contributed by atoms with van der Waals surface area (Å²) >= 11 is 4.78. The highest BCUT2D eigenvalue weighted by Gasteiger charge is 2.42. The zero-order valence-electron chi connectivity index (χ0n) is 27.6. The lowest BCUT2D eigenvalue weighted by molar-refractivity contribution is -0.121. The van der Waals surface area contributed by atoms with Crippen LogP contribution in [0.3, 0.4) is 0 Å². The van der Waals surface area contributed by atoms with Crippen LogP contribution in [-0.4, -0.2) is 117 Å². The van der Waals surface area contributed by atoms with Crippen molar-refractivity contribution in [3.63, 3.8) is 0 Å². The summed E-state index contributed by atoms with van der Waals surface area (Å²) < 4.78 is 13.8. The molecule has 3 aliphatic rings. The minimum absolute atomic E-state index is 0.0290. The zero-order valence-corrected chi connectivity index (χ0v) is 30.0. The van der Waals surface area contributed by atoms with Crippen LogP contribution in [-0.2, 0) is 36.8 Å². The predicted molar refractivity (Wildman–Crippen MR) is 194 cm³/mol. The number of benzene rings is 1. The second kappa shape index (κ2) is 18.1. The highest BCUT2D eigenvalue weighted by molar-refractivity contribution is 8.15. The predicted octanol–water partition coefficient (Wildman–Crippen LogP) is 2.40. The van der Waals surface area contributed by atoms with Gasteiger partial charge < -0.3 is 30.7 Å². The van der Waals surface area contributed by atoms with Gasteiger partial charge in [-0.3, -0.25) is 14.4 Å². The lowest BCUT2D eigenvalue weighted by Crippen LogP contribution is -2.36. The highest BCUT2D eigenvalue weighted by Crippen LogP contribution is 2.33. The maximum absolute atomic E-state index is 12.5. The fraction of sp³-hybridized carbons (Fsp3) is 0.562. The number of aryl methyl sites for hydroxylation is 1. The van der Waals surface area contributed by atoms with Crippen molar-refractivity contribution >= 4 is 79.4 Å². The smallest absolute Gasteiger partial charge is 0.315 e. The van der Waals surface area contributed by atoms with E-state index < -0.39 is 0 Å². The van der Waals surface area contributed by atoms with E-state index in [2.05, 4.69) is 41.6 Å². The molecule has 3 atom stereocenters. The van der Waals surface area contributed by atoms with Crippen molar-refractivity contribution in [3.05, 3.63) is 35.1 Å². The number of ether oxygens (including phenoxy) is 2. The molecule has 0 saturated carbocycles. The molecule has 15 nitrogen and oxygen atoms in total. The van der Waals surface area contributed by atoms with Gasteiger partial charge in [0.1, 0.15) is 10.1 Å². The van der Waals surface area contributed by atoms with Gasteiger partial charge >= 0.3 is 6.03 Å². The third kappa shape index (κ3) is 10.5. The monoisotopic (exact) mass is 743 g/mol. The number of nitrogens with zero attached hydrogens (tertiary/aromatic N) is 5. The number of amides is 4. The zero-order chi connectivity index (χ0) is 34.7. The topological polar surface area (TPSA) is 191 Å². The number of unbranched alkanes of at least 4 members (excludes halogenated alkanes) is 1. The average molecular weight is 744 g/mol. The van der Waals surface area contributed by atoms with Crippen molar-refractivity contribution in [2.75, 3.05) is 56.3 Å². The summed E-state index contributed by atoms with van der Waals surface area (Å²) in [5.41, 5.74) is 2.41. The standard InChI is InChI=1S/C32H41N9O6S3/c42-22(16-34-20-6-8-23-26(15-20)50-31(35-23)30-37-28(44)19-49-30)7-5-21-17-41(40-39-21)10-12-47-14-13-46-11-9-33-27(43)4-2-1-3-25-29-24(18-48-25)36-32(45)38-29/h6,8,15,17,24-25,29,34H,1-5,7,9-14,16,18-19H2,(H,33,43)(H2,36,38,45)/t24?,25-,29?/m0/s1. The fourth-order valence-electron chi connectivity index (χ4n) is 5.77. The van der Waals surface area contributed by atoms with Crippen LogP contribution in [0.15, 0.2) is 29.4 Å². The van der Waals surface area contributed by atoms with Gasteiger partial charge in [-0.05, 0) is 31.0 Å². The number of thioether (sulfide) groups is 2. The number of ketones is 1. The molecule has 5 heterocycles. The van der Waals surface area contributed by atoms with E-state index in [0.29, 0.717) is 74.8 Å². The van der Waals surface area contributed by atoms with Crippen LogP contribution in [0.4, 0.5) is 10.5 Å². The minimum Gasteiger partial charge on any atom is -0.378 e. The number of hydrogen-bond donors (Lipinski definition) is 4. The number of anilines is 1. The molecule has 4 N–H and O–H groups in total. The van der Waals surface area contributed by atoms with Gasteiger partial charge in [-0.1, -0.05) is 23.4 Å². The van der Waals surface area contributed by atoms with Crippen LogP contribution < -0.4 is 21.3 Å². The molecule has 4 amide bonds. The Hall–Kier alpha value is -3.58. The second-order valence-corrected chi connectivity index (χ2v) is 15.4. The van der Waals surface area contributed by atoms with Gasteiger partial charge in [-0.25, -0.2) is 19.5 Å². The summed E-state index contributed by atoms with van der Waals surface area (Å²) in [5, 5.41) is 22.2. The Bertz CT molecular complexity index is 1700. The maximum atomic E-state index is 12.5. The summed E-state index contributed by atoms with van der Waals surface area (Å²) in [5.74, 6) is 1.27. The molecule has 2 saturated heterocycles. The number of nitrogens with one attached hydrogen (secondary N) is 4. The van der Waals surface area contributed by atoms with Crippen LogP contribution in [0.5, 0.6) is 0 Å². The van der Waals surface area contributed by atoms with Crippen LogP contribution in [0.2, 0.25) is 0 Å². The Kier molecular flexibility index (Phi) is 13.1. The quantitative estimate of drug-likeness (QED) is 0.0923. The van der Waals surface area contributed by atoms with E-state index >= 15 is 0 Å². The number of rotatable bonds is 21. The molecule has 0 aliphatic carbocycles. The molecule has 6 rings (SSSR count). The summed E-state index contributed by atoms with van der Waals surface area (Å²) in [6.07, 6.45) is 5.96. The van der Waals surface area contributed by atoms with Crippen LogP contribution in [0.25, 0.3) is 10.2 Å². The van der Waals surface area contributed by atoms with E-state index in [4.69, 9.17) is 9.47 Å². The Labute approximate surface area is 301 Å². The van der Waals surface area contributed by atoms with E-state index in [1.54, 1.807) is 4.68 Å². The van der Waals surface area contributed by atoms with Crippen molar-refractivity contribution in [1.29, 1.82) is 0 Å². The Balaban J connectivity index is 0.752. The molecule has 3 aromatic rings. The third-order valence-corrected chi connectivity index (χ3v) is 12.0. The molecule has 50 heavy (non-hydrogen) atoms. The number of hydrogen-bond acceptors (Lipinski definition) is 13. The Morgan fingerprint density at radius 1 is 1.06 bits per heavy atom. The SMILES string of the molecule is O=C(CCc1cn(CCOCCOCCNC(=O)CCCC[C@@H]2SCC3NC(=O)NC32)nn1)CNc1ccc2nc(C3=NC(=O)CS3)sc2c1. The van der Waals surface area contributed by atoms with E-state index in [1.807, 2.05) is 36.2 Å². The highest BCUT2D eigenvalue weighted by atomic mass is 32.2. The van der Waals surface area contributed by atoms with Crippen molar-refractivity contribution in [3.8, 4) is 0 Å². The van der Waals surface area contributed by atoms with Crippen molar-refractivity contribution in [1.82, 2.24) is 35.9 Å². The molecule has 0 spiro atoms. The molecular weight excluding hydrogens is 703 g/mol. The largest absolute Gasteiger partial charge is 0.378 e. The first-order valence-corrected chi connectivity index (χ1v) is 19.7. The summed E-state index contributed by atoms with van der Waals surface area (Å²) in [6, 6.07) is 6.12. The average Bonchev–Trinajstić information content (AvgIpc) is 3.94. The lowest BCUT2D eigenvalue weighted by atomic mass is 10.0. The van der Waals surface area contributed by atoms with E-state index in [1.165, 1.54) is 23.1 Å². The number of aromatic nitrogens is 4. The van der Waals surface area contributed by atoms with Gasteiger partial charge in [0.05, 0.1) is 73.3 Å². The number of Topliss-reactive ketones (excluding diaryl/α,β-unsaturated/α-hetero) is 1. The molecule has 0 bridgehead atoms. The Morgan fingerprint density at radius 3 is 2.80 bits per heavy atom. The molecular formula is C32H41N9O6S3. The number of urea groups is 1. The van der Waals surface area contributed by atoms with Crippen molar-refractivity contribution in [2.45, 2.75) is 62.4 Å². The minimum atomic E-state index is -0.132. The molecule has 2 fully saturated rings. The first-order valence-electron chi connectivity index (χ1n) is 16.8. The fourth-order valence-corrected chi connectivity index (χ4v) is 9.16. The normalized spacial score (nSPS) is 19.8. The van der Waals surface area contributed by atoms with Gasteiger partial charge in [0.2, 0.25) is 5.91 Å². The van der Waals surface area contributed by atoms with Gasteiger partial charge in [0.15, 0.2) is 5.78 Å². The lowest BCUT2D eigenvalue weighted by Gasteiger charge is -2.16. The summed E-state index contributed by atoms with van der Waals surface area (Å²) in [4.78, 5) is 56.2. The molecule has 0 radical (unpaired) electrons. The molecule has 2 unspecified atom stereocenters. The number of thiazole rings is 1. The number of fused-ring (bicyclic) bond motifs is 2. The van der Waals surface area contributed by atoms with E-state index in [-0.39, 0.29) is 42.3 Å². The number of carbonyl (C=O) groups excluding carboxylic acids is 4. The van der Waals surface area contributed by atoms with Crippen LogP contribution in [0.1, 0.15) is 42.8 Å². The third-order valence-electron chi connectivity index (χ3n) is 8.35. The van der Waals surface area contributed by atoms with Gasteiger partial charge in [0, 0.05) is 48.7 Å². The molecule has 18 heteroatoms. The van der Waals surface area contributed by atoms with E-state index in [9.17, 15) is 19.2 Å². The maximum Gasteiger partial charge on any atom is 0.315 e. The van der Waals surface area contributed by atoms with Crippen molar-refractivity contribution in [2.24, 2.45) is 4.99 Å².